The number of hydrogen-bond acceptors (Lipinski definition) is 4. The second-order valence-corrected chi connectivity index (χ2v) is 5.46. The van der Waals surface area contributed by atoms with Crippen molar-refractivity contribution in [3.63, 3.8) is 0 Å². The SMILES string of the molecule is CCCOc1cncc(C(=O)C(O)C2CCCCC2)c1. The molecular formula is C16H23NO3. The number of Topliss-reactive ketones (excluding diaryl/α,β-unsaturated/α-hetero) is 1. The van der Waals surface area contributed by atoms with E-state index in [0.717, 1.165) is 32.1 Å². The van der Waals surface area contributed by atoms with Crippen LogP contribution in [0.3, 0.4) is 0 Å². The molecule has 0 spiro atoms. The monoisotopic (exact) mass is 277 g/mol. The lowest BCUT2D eigenvalue weighted by atomic mass is 9.83. The molecule has 0 radical (unpaired) electrons. The van der Waals surface area contributed by atoms with Gasteiger partial charge in [-0.2, -0.15) is 0 Å². The average Bonchev–Trinajstić information content (AvgIpc) is 2.52. The predicted molar refractivity (Wildman–Crippen MR) is 76.9 cm³/mol. The number of nitrogens with zero attached hydrogens (tertiary/aromatic N) is 1. The van der Waals surface area contributed by atoms with E-state index in [0.29, 0.717) is 17.9 Å². The first-order chi connectivity index (χ1) is 9.72. The normalized spacial score (nSPS) is 17.7. The molecule has 0 aromatic carbocycles. The fourth-order valence-corrected chi connectivity index (χ4v) is 2.69. The van der Waals surface area contributed by atoms with E-state index in [9.17, 15) is 9.90 Å². The quantitative estimate of drug-likeness (QED) is 0.812. The lowest BCUT2D eigenvalue weighted by Crippen LogP contribution is -2.31. The zero-order chi connectivity index (χ0) is 14.4. The number of aromatic nitrogens is 1. The molecular weight excluding hydrogens is 254 g/mol. The van der Waals surface area contributed by atoms with Gasteiger partial charge in [0, 0.05) is 11.8 Å². The maximum atomic E-state index is 12.3. The highest BCUT2D eigenvalue weighted by atomic mass is 16.5. The van der Waals surface area contributed by atoms with E-state index in [4.69, 9.17) is 4.74 Å². The number of ether oxygens (including phenoxy) is 1. The smallest absolute Gasteiger partial charge is 0.193 e. The summed E-state index contributed by atoms with van der Waals surface area (Å²) in [6.07, 6.45) is 8.39. The number of rotatable bonds is 6. The summed E-state index contributed by atoms with van der Waals surface area (Å²) in [5.41, 5.74) is 0.441. The van der Waals surface area contributed by atoms with Crippen LogP contribution in [0.15, 0.2) is 18.5 Å². The number of pyridine rings is 1. The molecule has 1 aromatic heterocycles. The Morgan fingerprint density at radius 1 is 1.40 bits per heavy atom. The van der Waals surface area contributed by atoms with Gasteiger partial charge in [-0.1, -0.05) is 26.2 Å². The van der Waals surface area contributed by atoms with E-state index < -0.39 is 6.10 Å². The minimum Gasteiger partial charge on any atom is -0.492 e. The number of aliphatic hydroxyl groups is 1. The van der Waals surface area contributed by atoms with Crippen LogP contribution in [-0.4, -0.2) is 28.6 Å². The molecule has 0 bridgehead atoms. The summed E-state index contributed by atoms with van der Waals surface area (Å²) < 4.78 is 5.47. The fourth-order valence-electron chi connectivity index (χ4n) is 2.69. The topological polar surface area (TPSA) is 59.4 Å². The highest BCUT2D eigenvalue weighted by molar-refractivity contribution is 5.99. The van der Waals surface area contributed by atoms with Gasteiger partial charge in [-0.25, -0.2) is 0 Å². The van der Waals surface area contributed by atoms with Gasteiger partial charge in [-0.15, -0.1) is 0 Å². The van der Waals surface area contributed by atoms with Crippen molar-refractivity contribution in [1.82, 2.24) is 4.98 Å². The van der Waals surface area contributed by atoms with Crippen molar-refractivity contribution >= 4 is 5.78 Å². The van der Waals surface area contributed by atoms with E-state index in [-0.39, 0.29) is 11.7 Å². The number of carbonyl (C=O) groups excluding carboxylic acids is 1. The Morgan fingerprint density at radius 2 is 2.15 bits per heavy atom. The van der Waals surface area contributed by atoms with Crippen molar-refractivity contribution in [2.24, 2.45) is 5.92 Å². The molecule has 1 aliphatic carbocycles. The predicted octanol–water partition coefficient (Wildman–Crippen LogP) is 2.99. The fraction of sp³-hybridized carbons (Fsp3) is 0.625. The minimum atomic E-state index is -0.904. The highest BCUT2D eigenvalue weighted by Crippen LogP contribution is 2.28. The molecule has 1 atom stereocenters. The van der Waals surface area contributed by atoms with Gasteiger partial charge in [-0.05, 0) is 31.2 Å². The molecule has 0 aliphatic heterocycles. The molecule has 1 aromatic rings. The summed E-state index contributed by atoms with van der Waals surface area (Å²) in [5.74, 6) is 0.455. The van der Waals surface area contributed by atoms with Crippen molar-refractivity contribution in [3.05, 3.63) is 24.0 Å². The third kappa shape index (κ3) is 3.79. The van der Waals surface area contributed by atoms with Crippen molar-refractivity contribution < 1.29 is 14.6 Å². The Bertz CT molecular complexity index is 441. The van der Waals surface area contributed by atoms with Gasteiger partial charge in [0.25, 0.3) is 0 Å². The first-order valence-corrected chi connectivity index (χ1v) is 7.52. The lowest BCUT2D eigenvalue weighted by molar-refractivity contribution is 0.0534. The van der Waals surface area contributed by atoms with E-state index >= 15 is 0 Å². The van der Waals surface area contributed by atoms with Gasteiger partial charge in [-0.3, -0.25) is 9.78 Å². The van der Waals surface area contributed by atoms with Crippen LogP contribution in [0, 0.1) is 5.92 Å². The summed E-state index contributed by atoms with van der Waals surface area (Å²) in [4.78, 5) is 16.4. The summed E-state index contributed by atoms with van der Waals surface area (Å²) in [6.45, 7) is 2.62. The van der Waals surface area contributed by atoms with Gasteiger partial charge in [0.1, 0.15) is 11.9 Å². The molecule has 2 rings (SSSR count). The molecule has 4 nitrogen and oxygen atoms in total. The molecule has 1 fully saturated rings. The van der Waals surface area contributed by atoms with Gasteiger partial charge < -0.3 is 9.84 Å². The van der Waals surface area contributed by atoms with Gasteiger partial charge in [0.2, 0.25) is 0 Å². The van der Waals surface area contributed by atoms with E-state index in [1.165, 1.54) is 12.6 Å². The van der Waals surface area contributed by atoms with E-state index in [1.807, 2.05) is 6.92 Å². The molecule has 0 amide bonds. The van der Waals surface area contributed by atoms with Crippen LogP contribution in [0.25, 0.3) is 0 Å². The second kappa shape index (κ2) is 7.39. The van der Waals surface area contributed by atoms with E-state index in [1.54, 1.807) is 12.3 Å². The van der Waals surface area contributed by atoms with Gasteiger partial charge >= 0.3 is 0 Å². The van der Waals surface area contributed by atoms with Crippen LogP contribution in [-0.2, 0) is 0 Å². The van der Waals surface area contributed by atoms with Crippen molar-refractivity contribution in [1.29, 1.82) is 0 Å². The maximum absolute atomic E-state index is 12.3. The number of carbonyl (C=O) groups is 1. The molecule has 1 heterocycles. The Hall–Kier alpha value is -1.42. The molecule has 110 valence electrons. The van der Waals surface area contributed by atoms with Crippen molar-refractivity contribution in [3.8, 4) is 5.75 Å². The first-order valence-electron chi connectivity index (χ1n) is 7.52. The first kappa shape index (κ1) is 15.0. The zero-order valence-corrected chi connectivity index (χ0v) is 12.0. The molecule has 1 N–H and O–H groups in total. The summed E-state index contributed by atoms with van der Waals surface area (Å²) in [5, 5.41) is 10.2. The third-order valence-electron chi connectivity index (χ3n) is 3.84. The maximum Gasteiger partial charge on any atom is 0.193 e. The average molecular weight is 277 g/mol. The molecule has 1 unspecified atom stereocenters. The Kier molecular flexibility index (Phi) is 5.53. The van der Waals surface area contributed by atoms with Crippen LogP contribution in [0.2, 0.25) is 0 Å². The van der Waals surface area contributed by atoms with Crippen LogP contribution in [0.4, 0.5) is 0 Å². The lowest BCUT2D eigenvalue weighted by Gasteiger charge is -2.25. The minimum absolute atomic E-state index is 0.0940. The van der Waals surface area contributed by atoms with Gasteiger partial charge in [0.15, 0.2) is 5.78 Å². The van der Waals surface area contributed by atoms with Gasteiger partial charge in [0.05, 0.1) is 12.8 Å². The summed E-state index contributed by atoms with van der Waals surface area (Å²) in [7, 11) is 0. The summed E-state index contributed by atoms with van der Waals surface area (Å²) in [6, 6.07) is 1.68. The Balaban J connectivity index is 2.03. The molecule has 1 saturated carbocycles. The standard InChI is InChI=1S/C16H23NO3/c1-2-8-20-14-9-13(10-17-11-14)16(19)15(18)12-6-4-3-5-7-12/h9-12,15,18H,2-8H2,1H3. The molecule has 1 aliphatic rings. The number of aliphatic hydroxyl groups excluding tert-OH is 1. The van der Waals surface area contributed by atoms with Crippen molar-refractivity contribution in [2.45, 2.75) is 51.6 Å². The van der Waals surface area contributed by atoms with Crippen LogP contribution in [0.5, 0.6) is 5.75 Å². The van der Waals surface area contributed by atoms with Crippen LogP contribution >= 0.6 is 0 Å². The molecule has 20 heavy (non-hydrogen) atoms. The highest BCUT2D eigenvalue weighted by Gasteiger charge is 2.28. The molecule has 0 saturated heterocycles. The van der Waals surface area contributed by atoms with Crippen LogP contribution in [0.1, 0.15) is 55.8 Å². The Morgan fingerprint density at radius 3 is 2.85 bits per heavy atom. The number of ketones is 1. The largest absolute Gasteiger partial charge is 0.492 e. The van der Waals surface area contributed by atoms with Crippen molar-refractivity contribution in [2.75, 3.05) is 6.61 Å². The third-order valence-corrected chi connectivity index (χ3v) is 3.84. The van der Waals surface area contributed by atoms with E-state index in [2.05, 4.69) is 4.98 Å². The second-order valence-electron chi connectivity index (χ2n) is 5.46. The number of hydrogen-bond donors (Lipinski definition) is 1. The zero-order valence-electron chi connectivity index (χ0n) is 12.0. The Labute approximate surface area is 120 Å². The summed E-state index contributed by atoms with van der Waals surface area (Å²) >= 11 is 0. The molecule has 4 heteroatoms. The van der Waals surface area contributed by atoms with Crippen LogP contribution < -0.4 is 4.74 Å².